The average Bonchev–Trinajstić information content (AvgIpc) is 2.44. The maximum Gasteiger partial charge on any atom is 0.310 e. The summed E-state index contributed by atoms with van der Waals surface area (Å²) in [4.78, 5) is 13.9. The van der Waals surface area contributed by atoms with Crippen LogP contribution in [0.15, 0.2) is 0 Å². The Morgan fingerprint density at radius 3 is 2.33 bits per heavy atom. The summed E-state index contributed by atoms with van der Waals surface area (Å²) in [7, 11) is 0. The zero-order valence-electron chi connectivity index (χ0n) is 13.3. The van der Waals surface area contributed by atoms with Crippen LogP contribution in [0.3, 0.4) is 0 Å². The second-order valence-corrected chi connectivity index (χ2v) is 3.89. The van der Waals surface area contributed by atoms with Gasteiger partial charge in [0.15, 0.2) is 0 Å². The van der Waals surface area contributed by atoms with Gasteiger partial charge in [0.2, 0.25) is 0 Å². The largest absolute Gasteiger partial charge is 0.466 e. The Hall–Kier alpha value is -0.570. The molecule has 0 aromatic carbocycles. The summed E-state index contributed by atoms with van der Waals surface area (Å²) in [5.74, 6) is 0.114. The van der Waals surface area contributed by atoms with Crippen LogP contribution in [-0.2, 0) is 9.53 Å². The highest BCUT2D eigenvalue weighted by atomic mass is 16.5. The maximum atomic E-state index is 11.5. The van der Waals surface area contributed by atoms with Gasteiger partial charge in [0.05, 0.1) is 12.5 Å². The predicted octanol–water partition coefficient (Wildman–Crippen LogP) is 3.72. The number of rotatable bonds is 4. The number of ether oxygens (including phenoxy) is 1. The average molecular weight is 259 g/mol. The third-order valence-corrected chi connectivity index (χ3v) is 2.67. The number of piperidine rings is 1. The molecule has 1 saturated heterocycles. The molecule has 18 heavy (non-hydrogen) atoms. The highest BCUT2D eigenvalue weighted by molar-refractivity contribution is 5.72. The van der Waals surface area contributed by atoms with E-state index < -0.39 is 0 Å². The SMILES string of the molecule is CC.CC.CCCN1CCCC(C(=O)OCC)C1. The zero-order valence-corrected chi connectivity index (χ0v) is 13.3. The maximum absolute atomic E-state index is 11.5. The first kappa shape index (κ1) is 19.8. The first-order valence-corrected chi connectivity index (χ1v) is 7.66. The summed E-state index contributed by atoms with van der Waals surface area (Å²) in [6, 6.07) is 0. The van der Waals surface area contributed by atoms with E-state index in [9.17, 15) is 4.79 Å². The van der Waals surface area contributed by atoms with Crippen molar-refractivity contribution in [1.29, 1.82) is 0 Å². The Morgan fingerprint density at radius 1 is 1.22 bits per heavy atom. The van der Waals surface area contributed by atoms with Crippen LogP contribution < -0.4 is 0 Å². The molecule has 1 fully saturated rings. The summed E-state index contributed by atoms with van der Waals surface area (Å²) in [5, 5.41) is 0. The van der Waals surface area contributed by atoms with Gasteiger partial charge < -0.3 is 9.64 Å². The number of hydrogen-bond donors (Lipinski definition) is 0. The molecular weight excluding hydrogens is 226 g/mol. The number of nitrogens with zero attached hydrogens (tertiary/aromatic N) is 1. The molecule has 1 heterocycles. The van der Waals surface area contributed by atoms with Crippen molar-refractivity contribution in [2.75, 3.05) is 26.2 Å². The highest BCUT2D eigenvalue weighted by Crippen LogP contribution is 2.17. The van der Waals surface area contributed by atoms with Gasteiger partial charge in [-0.25, -0.2) is 0 Å². The Kier molecular flexibility index (Phi) is 15.9. The van der Waals surface area contributed by atoms with E-state index in [2.05, 4.69) is 11.8 Å². The summed E-state index contributed by atoms with van der Waals surface area (Å²) >= 11 is 0. The minimum absolute atomic E-state index is 0.00620. The van der Waals surface area contributed by atoms with E-state index in [1.54, 1.807) is 0 Å². The van der Waals surface area contributed by atoms with Crippen molar-refractivity contribution >= 4 is 5.97 Å². The van der Waals surface area contributed by atoms with Gasteiger partial charge in [0.25, 0.3) is 0 Å². The molecule has 0 aliphatic carbocycles. The van der Waals surface area contributed by atoms with Gasteiger partial charge in [-0.05, 0) is 39.3 Å². The zero-order chi connectivity index (χ0) is 14.4. The van der Waals surface area contributed by atoms with E-state index in [0.717, 1.165) is 38.9 Å². The smallest absolute Gasteiger partial charge is 0.310 e. The fourth-order valence-electron chi connectivity index (χ4n) is 2.03. The van der Waals surface area contributed by atoms with Gasteiger partial charge in [0.1, 0.15) is 0 Å². The minimum Gasteiger partial charge on any atom is -0.466 e. The molecule has 3 heteroatoms. The van der Waals surface area contributed by atoms with Crippen molar-refractivity contribution < 1.29 is 9.53 Å². The first-order chi connectivity index (χ1) is 8.77. The van der Waals surface area contributed by atoms with Crippen LogP contribution in [0.5, 0.6) is 0 Å². The van der Waals surface area contributed by atoms with Crippen LogP contribution in [0.1, 0.15) is 60.8 Å². The fourth-order valence-corrected chi connectivity index (χ4v) is 2.03. The minimum atomic E-state index is -0.00620. The van der Waals surface area contributed by atoms with Crippen molar-refractivity contribution in [3.63, 3.8) is 0 Å². The lowest BCUT2D eigenvalue weighted by atomic mass is 9.98. The molecular formula is C15H33NO2. The van der Waals surface area contributed by atoms with E-state index in [1.807, 2.05) is 34.6 Å². The van der Waals surface area contributed by atoms with Crippen LogP contribution >= 0.6 is 0 Å². The second-order valence-electron chi connectivity index (χ2n) is 3.89. The number of esters is 1. The van der Waals surface area contributed by atoms with Crippen molar-refractivity contribution in [2.24, 2.45) is 5.92 Å². The number of hydrogen-bond acceptors (Lipinski definition) is 3. The molecule has 0 aromatic rings. The Bertz CT molecular complexity index is 181. The molecule has 110 valence electrons. The van der Waals surface area contributed by atoms with Crippen LogP contribution in [0.25, 0.3) is 0 Å². The summed E-state index contributed by atoms with van der Waals surface area (Å²) in [5.41, 5.74) is 0. The summed E-state index contributed by atoms with van der Waals surface area (Å²) in [6.45, 7) is 15.7. The number of carbonyl (C=O) groups is 1. The molecule has 0 radical (unpaired) electrons. The molecule has 3 nitrogen and oxygen atoms in total. The van der Waals surface area contributed by atoms with Gasteiger partial charge in [0, 0.05) is 6.54 Å². The van der Waals surface area contributed by atoms with Crippen molar-refractivity contribution in [3.05, 3.63) is 0 Å². The topological polar surface area (TPSA) is 29.5 Å². The Labute approximate surface area is 114 Å². The molecule has 0 spiro atoms. The van der Waals surface area contributed by atoms with Crippen molar-refractivity contribution in [1.82, 2.24) is 4.90 Å². The number of carbonyl (C=O) groups excluding carboxylic acids is 1. The first-order valence-electron chi connectivity index (χ1n) is 7.66. The van der Waals surface area contributed by atoms with E-state index in [0.29, 0.717) is 6.61 Å². The molecule has 1 aliphatic rings. The molecule has 1 unspecified atom stereocenters. The molecule has 0 amide bonds. The third-order valence-electron chi connectivity index (χ3n) is 2.67. The predicted molar refractivity (Wildman–Crippen MR) is 78.8 cm³/mol. The number of likely N-dealkylation sites (tertiary alicyclic amines) is 1. The van der Waals surface area contributed by atoms with Crippen LogP contribution in [-0.4, -0.2) is 37.1 Å². The van der Waals surface area contributed by atoms with Gasteiger partial charge in [-0.2, -0.15) is 0 Å². The van der Waals surface area contributed by atoms with E-state index in [4.69, 9.17) is 4.74 Å². The van der Waals surface area contributed by atoms with E-state index in [1.165, 1.54) is 0 Å². The van der Waals surface area contributed by atoms with Gasteiger partial charge >= 0.3 is 5.97 Å². The Balaban J connectivity index is 0. The molecule has 1 aliphatic heterocycles. The lowest BCUT2D eigenvalue weighted by Gasteiger charge is -2.31. The Morgan fingerprint density at radius 2 is 1.83 bits per heavy atom. The summed E-state index contributed by atoms with van der Waals surface area (Å²) < 4.78 is 5.04. The van der Waals surface area contributed by atoms with Crippen molar-refractivity contribution in [2.45, 2.75) is 60.8 Å². The lowest BCUT2D eigenvalue weighted by Crippen LogP contribution is -2.39. The van der Waals surface area contributed by atoms with Crippen LogP contribution in [0.2, 0.25) is 0 Å². The molecule has 0 aromatic heterocycles. The second kappa shape index (κ2) is 14.5. The van der Waals surface area contributed by atoms with Gasteiger partial charge in [-0.15, -0.1) is 0 Å². The summed E-state index contributed by atoms with van der Waals surface area (Å²) in [6.07, 6.45) is 3.29. The quantitative estimate of drug-likeness (QED) is 0.721. The highest BCUT2D eigenvalue weighted by Gasteiger charge is 2.25. The monoisotopic (exact) mass is 259 g/mol. The van der Waals surface area contributed by atoms with E-state index in [-0.39, 0.29) is 11.9 Å². The van der Waals surface area contributed by atoms with Gasteiger partial charge in [-0.3, -0.25) is 4.79 Å². The third kappa shape index (κ3) is 8.51. The fraction of sp³-hybridized carbons (Fsp3) is 0.933. The molecule has 1 rings (SSSR count). The molecule has 0 bridgehead atoms. The molecule has 0 N–H and O–H groups in total. The van der Waals surface area contributed by atoms with Crippen LogP contribution in [0, 0.1) is 5.92 Å². The molecule has 1 atom stereocenters. The molecule has 0 saturated carbocycles. The van der Waals surface area contributed by atoms with E-state index >= 15 is 0 Å². The van der Waals surface area contributed by atoms with Crippen LogP contribution in [0.4, 0.5) is 0 Å². The van der Waals surface area contributed by atoms with Gasteiger partial charge in [-0.1, -0.05) is 34.6 Å². The lowest BCUT2D eigenvalue weighted by molar-refractivity contribution is -0.149. The van der Waals surface area contributed by atoms with Crippen molar-refractivity contribution in [3.8, 4) is 0 Å². The standard InChI is InChI=1S/C11H21NO2.2C2H6/c1-3-7-12-8-5-6-10(9-12)11(13)14-4-2;2*1-2/h10H,3-9H2,1-2H3;2*1-2H3. The normalized spacial score (nSPS) is 18.9.